The Balaban J connectivity index is 1.54. The maximum atomic E-state index is 14.0. The Bertz CT molecular complexity index is 791. The van der Waals surface area contributed by atoms with Gasteiger partial charge in [-0.05, 0) is 63.3 Å². The number of hydrogen-bond acceptors (Lipinski definition) is 4. The van der Waals surface area contributed by atoms with Crippen LogP contribution in [-0.2, 0) is 10.0 Å². The fraction of sp³-hybridized carbons (Fsp3) is 0.714. The zero-order valence-corrected chi connectivity index (χ0v) is 17.7. The van der Waals surface area contributed by atoms with Gasteiger partial charge in [0.15, 0.2) is 0 Å². The van der Waals surface area contributed by atoms with Crippen LogP contribution in [0.3, 0.4) is 0 Å². The summed E-state index contributed by atoms with van der Waals surface area (Å²) in [6.07, 6.45) is 3.30. The predicted octanol–water partition coefficient (Wildman–Crippen LogP) is 2.71. The van der Waals surface area contributed by atoms with Gasteiger partial charge in [0, 0.05) is 44.8 Å². The van der Waals surface area contributed by atoms with Gasteiger partial charge in [-0.25, -0.2) is 17.1 Å². The van der Waals surface area contributed by atoms with Crippen LogP contribution in [0.2, 0.25) is 0 Å². The van der Waals surface area contributed by atoms with Crippen molar-refractivity contribution >= 4 is 10.0 Å². The van der Waals surface area contributed by atoms with E-state index in [2.05, 4.69) is 23.8 Å². The highest BCUT2D eigenvalue weighted by atomic mass is 32.2. The second-order valence-electron chi connectivity index (χ2n) is 8.83. The van der Waals surface area contributed by atoms with Gasteiger partial charge in [-0.2, -0.15) is 0 Å². The van der Waals surface area contributed by atoms with Crippen molar-refractivity contribution in [3.05, 3.63) is 35.6 Å². The summed E-state index contributed by atoms with van der Waals surface area (Å²) in [6, 6.07) is 7.53. The lowest BCUT2D eigenvalue weighted by Gasteiger charge is -2.47. The van der Waals surface area contributed by atoms with Crippen LogP contribution in [0, 0.1) is 11.7 Å². The molecule has 5 nitrogen and oxygen atoms in total. The number of piperazine rings is 1. The number of rotatable bonds is 5. The molecule has 28 heavy (non-hydrogen) atoms. The second kappa shape index (κ2) is 8.01. The van der Waals surface area contributed by atoms with Gasteiger partial charge < -0.3 is 4.90 Å². The number of hydrogen-bond donors (Lipinski definition) is 0. The molecule has 0 amide bonds. The minimum atomic E-state index is -3.10. The average Bonchev–Trinajstić information content (AvgIpc) is 3.50. The van der Waals surface area contributed by atoms with E-state index in [1.807, 2.05) is 6.07 Å². The first kappa shape index (κ1) is 20.3. The fourth-order valence-corrected chi connectivity index (χ4v) is 6.89. The number of benzene rings is 1. The topological polar surface area (TPSA) is 43.9 Å². The van der Waals surface area contributed by atoms with E-state index < -0.39 is 10.0 Å². The molecule has 1 unspecified atom stereocenters. The third kappa shape index (κ3) is 4.13. The Kier molecular flexibility index (Phi) is 5.80. The van der Waals surface area contributed by atoms with Gasteiger partial charge in [-0.3, -0.25) is 4.90 Å². The van der Waals surface area contributed by atoms with Crippen molar-refractivity contribution in [1.29, 1.82) is 0 Å². The summed E-state index contributed by atoms with van der Waals surface area (Å²) in [5.41, 5.74) is 1.03. The van der Waals surface area contributed by atoms with Crippen LogP contribution >= 0.6 is 0 Å². The Labute approximate surface area is 168 Å². The number of halogens is 1. The number of piperidine rings is 1. The van der Waals surface area contributed by atoms with E-state index in [1.165, 1.54) is 6.07 Å². The van der Waals surface area contributed by atoms with E-state index in [4.69, 9.17) is 0 Å². The van der Waals surface area contributed by atoms with Crippen LogP contribution in [0.5, 0.6) is 0 Å². The standard InChI is InChI=1S/C21H32FN3O2S/c1-16-15-23(2)12-13-25(16)21(18-4-3-5-19(22)14-18)17-8-10-24(11-9-17)28(26,27)20-6-7-20/h3-5,14,16-17,20-21H,6-13,15H2,1-2H3/t16-,21?/m0/s1. The molecule has 3 aliphatic rings. The first-order chi connectivity index (χ1) is 13.4. The van der Waals surface area contributed by atoms with Crippen molar-refractivity contribution in [2.45, 2.75) is 49.9 Å². The number of nitrogens with zero attached hydrogens (tertiary/aromatic N) is 3. The molecule has 3 fully saturated rings. The molecule has 2 saturated heterocycles. The van der Waals surface area contributed by atoms with Crippen LogP contribution in [0.15, 0.2) is 24.3 Å². The maximum Gasteiger partial charge on any atom is 0.216 e. The molecule has 156 valence electrons. The van der Waals surface area contributed by atoms with Crippen LogP contribution in [0.25, 0.3) is 0 Å². The van der Waals surface area contributed by atoms with Crippen molar-refractivity contribution in [1.82, 2.24) is 14.1 Å². The minimum absolute atomic E-state index is 0.138. The molecule has 0 spiro atoms. The summed E-state index contributed by atoms with van der Waals surface area (Å²) in [6.45, 7) is 6.40. The molecule has 1 aliphatic carbocycles. The average molecular weight is 410 g/mol. The van der Waals surface area contributed by atoms with E-state index in [9.17, 15) is 12.8 Å². The highest BCUT2D eigenvalue weighted by Gasteiger charge is 2.43. The molecule has 2 heterocycles. The van der Waals surface area contributed by atoms with Crippen molar-refractivity contribution < 1.29 is 12.8 Å². The minimum Gasteiger partial charge on any atom is -0.304 e. The SMILES string of the molecule is C[C@H]1CN(C)CCN1C(c1cccc(F)c1)C1CCN(S(=O)(=O)C2CC2)CC1. The van der Waals surface area contributed by atoms with Crippen LogP contribution in [0.4, 0.5) is 4.39 Å². The lowest BCUT2D eigenvalue weighted by Crippen LogP contribution is -2.54. The van der Waals surface area contributed by atoms with Gasteiger partial charge in [0.2, 0.25) is 10.0 Å². The Hall–Kier alpha value is -1.02. The molecule has 0 aromatic heterocycles. The molecule has 4 rings (SSSR count). The van der Waals surface area contributed by atoms with Crippen molar-refractivity contribution in [3.63, 3.8) is 0 Å². The van der Waals surface area contributed by atoms with E-state index >= 15 is 0 Å². The lowest BCUT2D eigenvalue weighted by atomic mass is 9.83. The largest absolute Gasteiger partial charge is 0.304 e. The maximum absolute atomic E-state index is 14.0. The van der Waals surface area contributed by atoms with Crippen LogP contribution in [0.1, 0.15) is 44.2 Å². The van der Waals surface area contributed by atoms with Crippen molar-refractivity contribution in [3.8, 4) is 0 Å². The Morgan fingerprint density at radius 1 is 1.07 bits per heavy atom. The van der Waals surface area contributed by atoms with E-state index in [0.29, 0.717) is 25.0 Å². The van der Waals surface area contributed by atoms with Crippen LogP contribution < -0.4 is 0 Å². The summed E-state index contributed by atoms with van der Waals surface area (Å²) in [7, 11) is -0.954. The van der Waals surface area contributed by atoms with Gasteiger partial charge in [0.1, 0.15) is 5.82 Å². The third-order valence-electron chi connectivity index (χ3n) is 6.68. The molecule has 2 atom stereocenters. The third-order valence-corrected chi connectivity index (χ3v) is 9.08. The molecule has 2 aliphatic heterocycles. The highest BCUT2D eigenvalue weighted by Crippen LogP contribution is 2.40. The summed E-state index contributed by atoms with van der Waals surface area (Å²) in [4.78, 5) is 4.86. The van der Waals surface area contributed by atoms with Crippen LogP contribution in [-0.4, -0.2) is 73.6 Å². The van der Waals surface area contributed by atoms with Gasteiger partial charge in [0.25, 0.3) is 0 Å². The van der Waals surface area contributed by atoms with E-state index in [0.717, 1.165) is 50.9 Å². The first-order valence-electron chi connectivity index (χ1n) is 10.5. The fourth-order valence-electron chi connectivity index (χ4n) is 5.01. The summed E-state index contributed by atoms with van der Waals surface area (Å²) < 4.78 is 40.9. The van der Waals surface area contributed by atoms with E-state index in [-0.39, 0.29) is 17.1 Å². The normalized spacial score (nSPS) is 27.8. The van der Waals surface area contributed by atoms with Crippen molar-refractivity contribution in [2.75, 3.05) is 39.8 Å². The summed E-state index contributed by atoms with van der Waals surface area (Å²) >= 11 is 0. The Morgan fingerprint density at radius 2 is 1.79 bits per heavy atom. The zero-order chi connectivity index (χ0) is 19.9. The molecule has 7 heteroatoms. The van der Waals surface area contributed by atoms with Crippen molar-refractivity contribution in [2.24, 2.45) is 5.92 Å². The molecular weight excluding hydrogens is 377 g/mol. The van der Waals surface area contributed by atoms with Gasteiger partial charge in [0.05, 0.1) is 5.25 Å². The molecule has 1 aromatic carbocycles. The number of likely N-dealkylation sites (N-methyl/N-ethyl adjacent to an activating group) is 1. The molecule has 0 N–H and O–H groups in total. The highest BCUT2D eigenvalue weighted by molar-refractivity contribution is 7.90. The lowest BCUT2D eigenvalue weighted by molar-refractivity contribution is 0.0230. The van der Waals surface area contributed by atoms with Gasteiger partial charge >= 0.3 is 0 Å². The summed E-state index contributed by atoms with van der Waals surface area (Å²) in [5.74, 6) is 0.149. The molecule has 0 radical (unpaired) electrons. The molecule has 0 bridgehead atoms. The zero-order valence-electron chi connectivity index (χ0n) is 16.9. The van der Waals surface area contributed by atoms with Gasteiger partial charge in [-0.1, -0.05) is 12.1 Å². The Morgan fingerprint density at radius 3 is 2.39 bits per heavy atom. The second-order valence-corrected chi connectivity index (χ2v) is 11.0. The number of sulfonamides is 1. The molecular formula is C21H32FN3O2S. The smallest absolute Gasteiger partial charge is 0.216 e. The summed E-state index contributed by atoms with van der Waals surface area (Å²) in [5, 5.41) is -0.138. The molecule has 1 saturated carbocycles. The predicted molar refractivity (Wildman–Crippen MR) is 109 cm³/mol. The van der Waals surface area contributed by atoms with Gasteiger partial charge in [-0.15, -0.1) is 0 Å². The molecule has 1 aromatic rings. The van der Waals surface area contributed by atoms with E-state index in [1.54, 1.807) is 16.4 Å². The monoisotopic (exact) mass is 409 g/mol. The quantitative estimate of drug-likeness (QED) is 0.750. The first-order valence-corrected chi connectivity index (χ1v) is 12.1.